The number of β-amino-alcohol motifs (C(OH)–C–C–N with tert-alkyl or cyclic N) is 2. The van der Waals surface area contributed by atoms with Crippen LogP contribution in [0, 0.1) is 0 Å². The highest BCUT2D eigenvalue weighted by atomic mass is 16.5. The third kappa shape index (κ3) is 3.12. The first-order valence-electron chi connectivity index (χ1n) is 6.45. The molecule has 0 saturated carbocycles. The van der Waals surface area contributed by atoms with Crippen molar-refractivity contribution >= 4 is 5.97 Å². The number of aliphatic hydroxyl groups excluding tert-OH is 2. The molecule has 5 heteroatoms. The van der Waals surface area contributed by atoms with Gasteiger partial charge in [0.25, 0.3) is 0 Å². The standard InChI is InChI=1S/C14H19NO4/c1-2-19-14(18)13(10-6-4-3-5-7-10)15-8-11(16)12(17)9-15/h3-7,11-13,16-17H,2,8-9H2,1H3. The second-order valence-electron chi connectivity index (χ2n) is 4.65. The number of carbonyl (C=O) groups is 1. The van der Waals surface area contributed by atoms with Gasteiger partial charge in [-0.15, -0.1) is 0 Å². The second-order valence-corrected chi connectivity index (χ2v) is 4.65. The number of esters is 1. The van der Waals surface area contributed by atoms with Crippen molar-refractivity contribution in [1.82, 2.24) is 4.90 Å². The van der Waals surface area contributed by atoms with E-state index in [4.69, 9.17) is 4.74 Å². The van der Waals surface area contributed by atoms with E-state index in [-0.39, 0.29) is 19.1 Å². The van der Waals surface area contributed by atoms with E-state index >= 15 is 0 Å². The first kappa shape index (κ1) is 14.0. The molecule has 2 N–H and O–H groups in total. The Bertz CT molecular complexity index is 413. The SMILES string of the molecule is CCOC(=O)C(c1ccccc1)N1CC(O)C(O)C1. The molecule has 0 spiro atoms. The summed E-state index contributed by atoms with van der Waals surface area (Å²) in [6.07, 6.45) is -1.64. The summed E-state index contributed by atoms with van der Waals surface area (Å²) in [5.41, 5.74) is 0.808. The van der Waals surface area contributed by atoms with E-state index in [0.29, 0.717) is 6.61 Å². The number of hydrogen-bond donors (Lipinski definition) is 2. The molecule has 1 fully saturated rings. The predicted molar refractivity (Wildman–Crippen MR) is 69.4 cm³/mol. The molecule has 0 amide bonds. The molecule has 1 aliphatic rings. The molecular weight excluding hydrogens is 246 g/mol. The van der Waals surface area contributed by atoms with Crippen LogP contribution in [0.25, 0.3) is 0 Å². The van der Waals surface area contributed by atoms with Crippen molar-refractivity contribution < 1.29 is 19.7 Å². The summed E-state index contributed by atoms with van der Waals surface area (Å²) < 4.78 is 5.10. The molecule has 1 aliphatic heterocycles. The number of ether oxygens (including phenoxy) is 1. The molecule has 1 aromatic carbocycles. The quantitative estimate of drug-likeness (QED) is 0.768. The lowest BCUT2D eigenvalue weighted by Gasteiger charge is -2.25. The van der Waals surface area contributed by atoms with Gasteiger partial charge in [0.15, 0.2) is 0 Å². The molecule has 1 saturated heterocycles. The van der Waals surface area contributed by atoms with Crippen LogP contribution in [0.5, 0.6) is 0 Å². The molecule has 0 bridgehead atoms. The fourth-order valence-corrected chi connectivity index (χ4v) is 2.36. The Balaban J connectivity index is 2.23. The Hall–Kier alpha value is -1.43. The maximum absolute atomic E-state index is 12.1. The number of likely N-dealkylation sites (tertiary alicyclic amines) is 1. The molecule has 3 atom stereocenters. The van der Waals surface area contributed by atoms with Crippen LogP contribution >= 0.6 is 0 Å². The lowest BCUT2D eigenvalue weighted by molar-refractivity contribution is -0.149. The fraction of sp³-hybridized carbons (Fsp3) is 0.500. The zero-order valence-electron chi connectivity index (χ0n) is 10.9. The fourth-order valence-electron chi connectivity index (χ4n) is 2.36. The zero-order chi connectivity index (χ0) is 13.8. The molecule has 2 rings (SSSR count). The minimum Gasteiger partial charge on any atom is -0.465 e. The van der Waals surface area contributed by atoms with E-state index in [1.807, 2.05) is 30.3 Å². The van der Waals surface area contributed by atoms with Crippen LogP contribution in [-0.4, -0.2) is 53.0 Å². The van der Waals surface area contributed by atoms with E-state index in [1.165, 1.54) is 0 Å². The molecule has 104 valence electrons. The first-order chi connectivity index (χ1) is 9.13. The van der Waals surface area contributed by atoms with Crippen LogP contribution in [-0.2, 0) is 9.53 Å². The predicted octanol–water partition coefficient (Wildman–Crippen LogP) is 0.328. The molecule has 1 aromatic rings. The summed E-state index contributed by atoms with van der Waals surface area (Å²) in [5, 5.41) is 19.3. The van der Waals surface area contributed by atoms with Gasteiger partial charge in [-0.25, -0.2) is 4.79 Å². The molecule has 0 aromatic heterocycles. The lowest BCUT2D eigenvalue weighted by atomic mass is 10.1. The lowest BCUT2D eigenvalue weighted by Crippen LogP contribution is -2.34. The van der Waals surface area contributed by atoms with Gasteiger partial charge < -0.3 is 14.9 Å². The second kappa shape index (κ2) is 6.14. The highest BCUT2D eigenvalue weighted by molar-refractivity contribution is 5.77. The van der Waals surface area contributed by atoms with Crippen LogP contribution in [0.15, 0.2) is 30.3 Å². The molecule has 5 nitrogen and oxygen atoms in total. The van der Waals surface area contributed by atoms with E-state index < -0.39 is 18.2 Å². The normalized spacial score (nSPS) is 25.2. The maximum Gasteiger partial charge on any atom is 0.328 e. The molecule has 3 unspecified atom stereocenters. The van der Waals surface area contributed by atoms with Crippen molar-refractivity contribution in [2.75, 3.05) is 19.7 Å². The summed E-state index contributed by atoms with van der Waals surface area (Å²) in [7, 11) is 0. The Kier molecular flexibility index (Phi) is 4.52. The Morgan fingerprint density at radius 2 is 1.89 bits per heavy atom. The first-order valence-corrected chi connectivity index (χ1v) is 6.45. The van der Waals surface area contributed by atoms with Crippen molar-refractivity contribution in [1.29, 1.82) is 0 Å². The third-order valence-electron chi connectivity index (χ3n) is 3.28. The van der Waals surface area contributed by atoms with E-state index in [9.17, 15) is 15.0 Å². The van der Waals surface area contributed by atoms with Crippen molar-refractivity contribution in [3.05, 3.63) is 35.9 Å². The van der Waals surface area contributed by atoms with Crippen LogP contribution in [0.4, 0.5) is 0 Å². The topological polar surface area (TPSA) is 70.0 Å². The Morgan fingerprint density at radius 1 is 1.32 bits per heavy atom. The van der Waals surface area contributed by atoms with Gasteiger partial charge >= 0.3 is 5.97 Å². The summed E-state index contributed by atoms with van der Waals surface area (Å²) in [6, 6.07) is 8.69. The number of benzene rings is 1. The van der Waals surface area contributed by atoms with Gasteiger partial charge in [0.1, 0.15) is 6.04 Å². The summed E-state index contributed by atoms with van der Waals surface area (Å²) >= 11 is 0. The molecular formula is C14H19NO4. The van der Waals surface area contributed by atoms with Gasteiger partial charge in [-0.1, -0.05) is 30.3 Å². The third-order valence-corrected chi connectivity index (χ3v) is 3.28. The van der Waals surface area contributed by atoms with Gasteiger partial charge in [-0.3, -0.25) is 4.90 Å². The van der Waals surface area contributed by atoms with Crippen LogP contribution < -0.4 is 0 Å². The van der Waals surface area contributed by atoms with E-state index in [1.54, 1.807) is 11.8 Å². The van der Waals surface area contributed by atoms with Gasteiger partial charge in [0, 0.05) is 13.1 Å². The average molecular weight is 265 g/mol. The number of nitrogens with zero attached hydrogens (tertiary/aromatic N) is 1. The highest BCUT2D eigenvalue weighted by Crippen LogP contribution is 2.26. The van der Waals surface area contributed by atoms with Gasteiger partial charge in [-0.05, 0) is 12.5 Å². The summed E-state index contributed by atoms with van der Waals surface area (Å²) in [5.74, 6) is -0.352. The van der Waals surface area contributed by atoms with Crippen molar-refractivity contribution in [2.24, 2.45) is 0 Å². The minimum atomic E-state index is -0.819. The molecule has 0 radical (unpaired) electrons. The zero-order valence-corrected chi connectivity index (χ0v) is 10.9. The van der Waals surface area contributed by atoms with E-state index in [2.05, 4.69) is 0 Å². The highest BCUT2D eigenvalue weighted by Gasteiger charge is 2.38. The molecule has 0 aliphatic carbocycles. The van der Waals surface area contributed by atoms with Gasteiger partial charge in [0.2, 0.25) is 0 Å². The van der Waals surface area contributed by atoms with Crippen LogP contribution in [0.2, 0.25) is 0 Å². The van der Waals surface area contributed by atoms with Crippen molar-refractivity contribution in [2.45, 2.75) is 25.2 Å². The maximum atomic E-state index is 12.1. The summed E-state index contributed by atoms with van der Waals surface area (Å²) in [6.45, 7) is 2.59. The summed E-state index contributed by atoms with van der Waals surface area (Å²) in [4.78, 5) is 13.9. The van der Waals surface area contributed by atoms with Crippen molar-refractivity contribution in [3.8, 4) is 0 Å². The number of aliphatic hydroxyl groups is 2. The van der Waals surface area contributed by atoms with Gasteiger partial charge in [0.05, 0.1) is 18.8 Å². The number of hydrogen-bond acceptors (Lipinski definition) is 5. The number of carbonyl (C=O) groups excluding carboxylic acids is 1. The average Bonchev–Trinajstić information content (AvgIpc) is 2.71. The Labute approximate surface area is 112 Å². The van der Waals surface area contributed by atoms with E-state index in [0.717, 1.165) is 5.56 Å². The van der Waals surface area contributed by atoms with Gasteiger partial charge in [-0.2, -0.15) is 0 Å². The molecule has 19 heavy (non-hydrogen) atoms. The minimum absolute atomic E-state index is 0.263. The van der Waals surface area contributed by atoms with Crippen LogP contribution in [0.3, 0.4) is 0 Å². The van der Waals surface area contributed by atoms with Crippen molar-refractivity contribution in [3.63, 3.8) is 0 Å². The van der Waals surface area contributed by atoms with Crippen LogP contribution in [0.1, 0.15) is 18.5 Å². The number of rotatable bonds is 4. The Morgan fingerprint density at radius 3 is 2.42 bits per heavy atom. The molecule has 1 heterocycles. The smallest absolute Gasteiger partial charge is 0.328 e. The monoisotopic (exact) mass is 265 g/mol. The largest absolute Gasteiger partial charge is 0.465 e.